The Hall–Kier alpha value is -7.08. The van der Waals surface area contributed by atoms with Gasteiger partial charge < -0.3 is 48.1 Å². The zero-order valence-electron chi connectivity index (χ0n) is 51.3. The lowest BCUT2D eigenvalue weighted by atomic mass is 9.92. The minimum Gasteiger partial charge on any atom is -0.611 e. The van der Waals surface area contributed by atoms with E-state index in [1.807, 2.05) is 48.5 Å². The molecule has 2 aromatic heterocycles. The van der Waals surface area contributed by atoms with Gasteiger partial charge in [0.25, 0.3) is 11.8 Å². The number of carbonyl (C=O) groups excluding carboxylic acids is 2. The molecule has 5 aromatic carbocycles. The van der Waals surface area contributed by atoms with Gasteiger partial charge in [-0.1, -0.05) is 73.1 Å². The van der Waals surface area contributed by atoms with Crippen LogP contribution in [0.15, 0.2) is 149 Å². The normalized spacial score (nSPS) is 15.5. The number of rotatable bonds is 27. The highest BCUT2D eigenvalue weighted by Crippen LogP contribution is 2.40. The van der Waals surface area contributed by atoms with Gasteiger partial charge in [-0.25, -0.2) is 9.97 Å². The number of aryl methyl sites for hydroxylation is 2. The Morgan fingerprint density at radius 1 is 0.581 bits per heavy atom. The summed E-state index contributed by atoms with van der Waals surface area (Å²) in [5.41, 5.74) is 12.4. The fourth-order valence-electron chi connectivity index (χ4n) is 11.2. The molecule has 0 saturated carbocycles. The molecule has 86 heavy (non-hydrogen) atoms. The van der Waals surface area contributed by atoms with Gasteiger partial charge in [0.2, 0.25) is 0 Å². The van der Waals surface area contributed by atoms with E-state index in [9.17, 15) is 18.7 Å². The number of aromatic nitrogens is 4. The molecule has 0 aliphatic carbocycles. The standard InChI is InChI=1S/C70H86N8O6S2/c1-8-11-34-83-35-36-84-68-29-18-53(52-16-27-66-57(37-52)39-55(14-12-32-75(66)44-50(4)5)69(79)73-59-19-23-63(24-20-59)85(81)46-61-42-71-48-77(61)30-9-2)41-65(68)54-17-28-67-58(38-54)40-56(15-13-33-76(67)45-51(6)7)70(80)74-60-21-25-64(26-22-60)86(82)47-62-43-72-49-78(62)31-10-3/h16-29,37-43,48-51H,8-15,30-36,44-47H2,1-7H3,(H,73,79)(H,74,80)/b55-39+,56-40+. The number of amides is 2. The monoisotopic (exact) mass is 1200 g/mol. The Morgan fingerprint density at radius 2 is 1.06 bits per heavy atom. The molecule has 9 rings (SSSR count). The Labute approximate surface area is 515 Å². The Balaban J connectivity index is 1.02. The Bertz CT molecular complexity index is 3430. The molecule has 4 heterocycles. The molecule has 0 bridgehead atoms. The van der Waals surface area contributed by atoms with Crippen molar-refractivity contribution in [1.29, 1.82) is 0 Å². The van der Waals surface area contributed by atoms with Gasteiger partial charge in [0.1, 0.15) is 12.4 Å². The molecule has 2 amide bonds. The fourth-order valence-corrected chi connectivity index (χ4v) is 13.5. The molecule has 0 fully saturated rings. The predicted molar refractivity (Wildman–Crippen MR) is 352 cm³/mol. The summed E-state index contributed by atoms with van der Waals surface area (Å²) in [6.07, 6.45) is 18.0. The number of anilines is 4. The summed E-state index contributed by atoms with van der Waals surface area (Å²) < 4.78 is 43.6. The van der Waals surface area contributed by atoms with Crippen LogP contribution < -0.4 is 25.2 Å². The first-order chi connectivity index (χ1) is 41.8. The van der Waals surface area contributed by atoms with Gasteiger partial charge in [0.05, 0.1) is 43.0 Å². The highest BCUT2D eigenvalue weighted by atomic mass is 32.2. The average Bonchev–Trinajstić information content (AvgIpc) is 1.81. The third-order valence-corrected chi connectivity index (χ3v) is 18.2. The van der Waals surface area contributed by atoms with Crippen LogP contribution in [0.3, 0.4) is 0 Å². The van der Waals surface area contributed by atoms with Crippen molar-refractivity contribution >= 4 is 69.1 Å². The van der Waals surface area contributed by atoms with Crippen LogP contribution in [0, 0.1) is 11.8 Å². The van der Waals surface area contributed by atoms with Crippen molar-refractivity contribution in [2.24, 2.45) is 11.8 Å². The lowest BCUT2D eigenvalue weighted by Crippen LogP contribution is -2.30. The summed E-state index contributed by atoms with van der Waals surface area (Å²) in [6.45, 7) is 21.8. The number of nitrogens with one attached hydrogen (secondary N) is 2. The third-order valence-electron chi connectivity index (χ3n) is 15.5. The van der Waals surface area contributed by atoms with Crippen molar-refractivity contribution < 1.29 is 28.2 Å². The van der Waals surface area contributed by atoms with Crippen LogP contribution in [0.25, 0.3) is 34.4 Å². The lowest BCUT2D eigenvalue weighted by molar-refractivity contribution is -0.113. The van der Waals surface area contributed by atoms with Crippen LogP contribution in [0.2, 0.25) is 0 Å². The van der Waals surface area contributed by atoms with Crippen molar-refractivity contribution in [2.45, 2.75) is 134 Å². The first-order valence-corrected chi connectivity index (χ1v) is 33.5. The van der Waals surface area contributed by atoms with Gasteiger partial charge in [-0.05, 0) is 204 Å². The molecular weight excluding hydrogens is 1110 g/mol. The molecule has 0 spiro atoms. The molecule has 2 atom stereocenters. The van der Waals surface area contributed by atoms with E-state index in [0.717, 1.165) is 140 Å². The molecule has 0 saturated heterocycles. The van der Waals surface area contributed by atoms with Crippen molar-refractivity contribution in [3.8, 4) is 28.0 Å². The van der Waals surface area contributed by atoms with Crippen molar-refractivity contribution in [3.63, 3.8) is 0 Å². The molecule has 454 valence electrons. The van der Waals surface area contributed by atoms with Crippen LogP contribution in [0.5, 0.6) is 5.75 Å². The van der Waals surface area contributed by atoms with Gasteiger partial charge in [-0.15, -0.1) is 0 Å². The highest BCUT2D eigenvalue weighted by Gasteiger charge is 2.24. The maximum atomic E-state index is 14.4. The van der Waals surface area contributed by atoms with E-state index < -0.39 is 22.4 Å². The van der Waals surface area contributed by atoms with E-state index in [1.54, 1.807) is 25.0 Å². The number of imidazole rings is 2. The lowest BCUT2D eigenvalue weighted by Gasteiger charge is -2.31. The van der Waals surface area contributed by atoms with Gasteiger partial charge in [-0.2, -0.15) is 0 Å². The predicted octanol–water partition coefficient (Wildman–Crippen LogP) is 14.6. The summed E-state index contributed by atoms with van der Waals surface area (Å²) in [6, 6.07) is 34.1. The topological polar surface area (TPSA) is 165 Å². The van der Waals surface area contributed by atoms with E-state index in [0.29, 0.717) is 88.3 Å². The quantitative estimate of drug-likeness (QED) is 0.0374. The molecule has 2 unspecified atom stereocenters. The van der Waals surface area contributed by atoms with Crippen LogP contribution in [0.4, 0.5) is 22.7 Å². The summed E-state index contributed by atoms with van der Waals surface area (Å²) in [7, 11) is 0. The van der Waals surface area contributed by atoms with Gasteiger partial charge in [-0.3, -0.25) is 9.59 Å². The second kappa shape index (κ2) is 31.0. The number of unbranched alkanes of at least 4 members (excludes halogenated alkanes) is 1. The number of hydrogen-bond acceptors (Lipinski definition) is 10. The first kappa shape index (κ1) is 63.4. The average molecular weight is 1200 g/mol. The van der Waals surface area contributed by atoms with E-state index in [1.165, 1.54) is 0 Å². The molecule has 2 aliphatic heterocycles. The molecule has 0 radical (unpaired) electrons. The van der Waals surface area contributed by atoms with Crippen molar-refractivity contribution in [3.05, 3.63) is 162 Å². The van der Waals surface area contributed by atoms with E-state index in [4.69, 9.17) is 9.47 Å². The van der Waals surface area contributed by atoms with Crippen molar-refractivity contribution in [1.82, 2.24) is 19.1 Å². The van der Waals surface area contributed by atoms with Crippen LogP contribution in [-0.2, 0) is 61.3 Å². The van der Waals surface area contributed by atoms with E-state index >= 15 is 0 Å². The first-order valence-electron chi connectivity index (χ1n) is 30.9. The third kappa shape index (κ3) is 16.9. The molecule has 16 heteroatoms. The molecule has 7 aromatic rings. The number of fused-ring (bicyclic) bond motifs is 2. The summed E-state index contributed by atoms with van der Waals surface area (Å²) in [5.74, 6) is 1.97. The second-order valence-electron chi connectivity index (χ2n) is 23.4. The molecule has 2 N–H and O–H groups in total. The minimum atomic E-state index is -1.28. The number of ether oxygens (including phenoxy) is 2. The molecule has 2 aliphatic rings. The van der Waals surface area contributed by atoms with E-state index in [2.05, 4.69) is 155 Å². The van der Waals surface area contributed by atoms with E-state index in [-0.39, 0.29) is 11.8 Å². The Morgan fingerprint density at radius 3 is 1.55 bits per heavy atom. The van der Waals surface area contributed by atoms with Crippen LogP contribution in [0.1, 0.15) is 122 Å². The maximum Gasteiger partial charge on any atom is 0.251 e. The molecular formula is C70H86N8O6S2. The Kier molecular flexibility index (Phi) is 22.9. The number of carbonyl (C=O) groups is 2. The summed E-state index contributed by atoms with van der Waals surface area (Å²) in [4.78, 5) is 43.5. The highest BCUT2D eigenvalue weighted by molar-refractivity contribution is 7.91. The van der Waals surface area contributed by atoms with Gasteiger partial charge in [0.15, 0.2) is 21.3 Å². The number of nitrogens with zero attached hydrogens (tertiary/aromatic N) is 6. The maximum absolute atomic E-state index is 14.4. The van der Waals surface area contributed by atoms with Crippen LogP contribution >= 0.6 is 0 Å². The zero-order valence-corrected chi connectivity index (χ0v) is 53.0. The van der Waals surface area contributed by atoms with Crippen LogP contribution in [-0.4, -0.2) is 86.0 Å². The number of benzene rings is 5. The van der Waals surface area contributed by atoms with Gasteiger partial charge in [0, 0.05) is 85.3 Å². The van der Waals surface area contributed by atoms with Gasteiger partial charge >= 0.3 is 0 Å². The fraction of sp³-hybridized carbons (Fsp3) is 0.400. The zero-order chi connectivity index (χ0) is 60.5. The second-order valence-corrected chi connectivity index (χ2v) is 26.3. The minimum absolute atomic E-state index is 0.162. The summed E-state index contributed by atoms with van der Waals surface area (Å²) in [5, 5.41) is 6.32. The smallest absolute Gasteiger partial charge is 0.251 e. The number of hydrogen-bond donors (Lipinski definition) is 2. The largest absolute Gasteiger partial charge is 0.611 e. The summed E-state index contributed by atoms with van der Waals surface area (Å²) >= 11 is -2.55. The van der Waals surface area contributed by atoms with Crippen molar-refractivity contribution in [2.75, 3.05) is 66.4 Å². The SMILES string of the molecule is CCCCOCCOc1ccc(-c2ccc3c(c2)/C=C(/C(=O)Nc2ccc([S+]([O-])Cc4cncn4CCC)cc2)CCCN3CC(C)C)cc1-c1ccc2c(c1)/C=C(/C(=O)Nc1ccc([S+]([O-])Cc3cncn3CCC)cc1)CCCN2CC(C)C. The molecule has 14 nitrogen and oxygen atoms in total.